The zero-order valence-electron chi connectivity index (χ0n) is 13.6. The van der Waals surface area contributed by atoms with Crippen LogP contribution in [0, 0.1) is 0 Å². The Morgan fingerprint density at radius 3 is 2.83 bits per heavy atom. The van der Waals surface area contributed by atoms with Gasteiger partial charge in [0, 0.05) is 10.9 Å². The predicted molar refractivity (Wildman–Crippen MR) is 99.6 cm³/mol. The molecular weight excluding hydrogens is 340 g/mol. The topological polar surface area (TPSA) is 80.9 Å². The van der Waals surface area contributed by atoms with Crippen LogP contribution >= 0.6 is 23.1 Å². The van der Waals surface area contributed by atoms with Crippen molar-refractivity contribution in [2.75, 3.05) is 11.5 Å². The molecule has 5 nitrogen and oxygen atoms in total. The second kappa shape index (κ2) is 6.88. The molecule has 2 aromatic rings. The second-order valence-electron chi connectivity index (χ2n) is 6.62. The van der Waals surface area contributed by atoms with Crippen molar-refractivity contribution in [2.45, 2.75) is 62.6 Å². The average Bonchev–Trinajstić information content (AvgIpc) is 3.19. The van der Waals surface area contributed by atoms with Crippen LogP contribution in [0.25, 0.3) is 10.2 Å². The van der Waals surface area contributed by atoms with E-state index in [2.05, 4.69) is 15.3 Å². The SMILES string of the molecule is Nc1nc(SCC(=O)NC2CCCC2)nc2sc3c(c12)CCCC3. The van der Waals surface area contributed by atoms with Crippen molar-refractivity contribution in [1.29, 1.82) is 0 Å². The number of fused-ring (bicyclic) bond motifs is 3. The quantitative estimate of drug-likeness (QED) is 0.644. The highest BCUT2D eigenvalue weighted by molar-refractivity contribution is 7.99. The Bertz CT molecular complexity index is 768. The number of thiophene rings is 1. The van der Waals surface area contributed by atoms with Gasteiger partial charge in [0.1, 0.15) is 10.6 Å². The fraction of sp³-hybridized carbons (Fsp3) is 0.588. The van der Waals surface area contributed by atoms with Crippen molar-refractivity contribution >= 4 is 45.0 Å². The van der Waals surface area contributed by atoms with E-state index in [9.17, 15) is 4.79 Å². The molecule has 2 aliphatic rings. The summed E-state index contributed by atoms with van der Waals surface area (Å²) >= 11 is 3.12. The lowest BCUT2D eigenvalue weighted by atomic mass is 9.97. The molecule has 2 aromatic heterocycles. The van der Waals surface area contributed by atoms with Gasteiger partial charge in [-0.2, -0.15) is 0 Å². The Hall–Kier alpha value is -1.34. The van der Waals surface area contributed by atoms with Crippen molar-refractivity contribution in [3.63, 3.8) is 0 Å². The molecule has 7 heteroatoms. The maximum absolute atomic E-state index is 12.1. The van der Waals surface area contributed by atoms with Crippen LogP contribution in [0.2, 0.25) is 0 Å². The molecule has 0 aliphatic heterocycles. The second-order valence-corrected chi connectivity index (χ2v) is 8.65. The Balaban J connectivity index is 1.47. The van der Waals surface area contributed by atoms with Crippen LogP contribution in [0.4, 0.5) is 5.82 Å². The van der Waals surface area contributed by atoms with Gasteiger partial charge in [-0.3, -0.25) is 4.79 Å². The zero-order chi connectivity index (χ0) is 16.5. The molecule has 1 amide bonds. The summed E-state index contributed by atoms with van der Waals surface area (Å²) in [6, 6.07) is 0.357. The monoisotopic (exact) mass is 362 g/mol. The maximum Gasteiger partial charge on any atom is 0.230 e. The summed E-state index contributed by atoms with van der Waals surface area (Å²) in [4.78, 5) is 23.6. The van der Waals surface area contributed by atoms with E-state index in [1.165, 1.54) is 47.9 Å². The summed E-state index contributed by atoms with van der Waals surface area (Å²) in [5.74, 6) is 0.991. The zero-order valence-corrected chi connectivity index (χ0v) is 15.3. The Morgan fingerprint density at radius 1 is 1.21 bits per heavy atom. The highest BCUT2D eigenvalue weighted by atomic mass is 32.2. The summed E-state index contributed by atoms with van der Waals surface area (Å²) in [6.07, 6.45) is 9.32. The van der Waals surface area contributed by atoms with Crippen LogP contribution in [0.1, 0.15) is 49.0 Å². The summed E-state index contributed by atoms with van der Waals surface area (Å²) < 4.78 is 0. The van der Waals surface area contributed by atoms with Gasteiger partial charge in [0.05, 0.1) is 11.1 Å². The van der Waals surface area contributed by atoms with Gasteiger partial charge in [0.25, 0.3) is 0 Å². The van der Waals surface area contributed by atoms with E-state index >= 15 is 0 Å². The average molecular weight is 363 g/mol. The number of aromatic nitrogens is 2. The van der Waals surface area contributed by atoms with Gasteiger partial charge >= 0.3 is 0 Å². The lowest BCUT2D eigenvalue weighted by Crippen LogP contribution is -2.33. The maximum atomic E-state index is 12.1. The van der Waals surface area contributed by atoms with E-state index in [4.69, 9.17) is 5.73 Å². The highest BCUT2D eigenvalue weighted by Gasteiger charge is 2.21. The van der Waals surface area contributed by atoms with Crippen LogP contribution in [0.5, 0.6) is 0 Å². The number of carbonyl (C=O) groups excluding carboxylic acids is 1. The minimum Gasteiger partial charge on any atom is -0.383 e. The van der Waals surface area contributed by atoms with Crippen LogP contribution in [0.15, 0.2) is 5.16 Å². The molecule has 4 rings (SSSR count). The summed E-state index contributed by atoms with van der Waals surface area (Å²) in [6.45, 7) is 0. The number of aryl methyl sites for hydroxylation is 2. The molecule has 1 saturated carbocycles. The fourth-order valence-electron chi connectivity index (χ4n) is 3.70. The lowest BCUT2D eigenvalue weighted by Gasteiger charge is -2.11. The van der Waals surface area contributed by atoms with Crippen molar-refractivity contribution < 1.29 is 4.79 Å². The summed E-state index contributed by atoms with van der Waals surface area (Å²) in [5.41, 5.74) is 7.56. The third-order valence-electron chi connectivity index (χ3n) is 4.87. The summed E-state index contributed by atoms with van der Waals surface area (Å²) in [5, 5.41) is 4.76. The first-order valence-electron chi connectivity index (χ1n) is 8.70. The molecule has 0 spiro atoms. The molecule has 0 radical (unpaired) electrons. The number of anilines is 1. The van der Waals surface area contributed by atoms with E-state index in [1.807, 2.05) is 0 Å². The number of hydrogen-bond donors (Lipinski definition) is 2. The standard InChI is InChI=1S/C17H22N4OS2/c18-15-14-11-7-3-4-8-12(11)24-16(14)21-17(20-15)23-9-13(22)19-10-5-1-2-6-10/h10H,1-9H2,(H,19,22)(H2,18,20,21). The Labute approximate surface area is 149 Å². The molecule has 1 fully saturated rings. The first-order valence-corrected chi connectivity index (χ1v) is 10.5. The first-order chi connectivity index (χ1) is 11.7. The minimum absolute atomic E-state index is 0.0691. The number of amides is 1. The van der Waals surface area contributed by atoms with Gasteiger partial charge in [0.2, 0.25) is 5.91 Å². The number of carbonyl (C=O) groups is 1. The van der Waals surface area contributed by atoms with Gasteiger partial charge in [-0.05, 0) is 44.1 Å². The number of nitrogens with zero attached hydrogens (tertiary/aromatic N) is 2. The number of nitrogens with one attached hydrogen (secondary N) is 1. The molecule has 24 heavy (non-hydrogen) atoms. The van der Waals surface area contributed by atoms with Gasteiger partial charge in [-0.25, -0.2) is 9.97 Å². The molecule has 0 atom stereocenters. The van der Waals surface area contributed by atoms with E-state index in [0.29, 0.717) is 22.8 Å². The molecule has 128 valence electrons. The van der Waals surface area contributed by atoms with E-state index in [0.717, 1.165) is 35.9 Å². The summed E-state index contributed by atoms with van der Waals surface area (Å²) in [7, 11) is 0. The van der Waals surface area contributed by atoms with Crippen LogP contribution in [-0.2, 0) is 17.6 Å². The van der Waals surface area contributed by atoms with E-state index in [1.54, 1.807) is 11.3 Å². The minimum atomic E-state index is 0.0691. The smallest absolute Gasteiger partial charge is 0.230 e. The fourth-order valence-corrected chi connectivity index (χ4v) is 5.69. The van der Waals surface area contributed by atoms with Gasteiger partial charge < -0.3 is 11.1 Å². The molecule has 0 saturated heterocycles. The number of hydrogen-bond acceptors (Lipinski definition) is 6. The van der Waals surface area contributed by atoms with Gasteiger partial charge in [-0.1, -0.05) is 24.6 Å². The first kappa shape index (κ1) is 16.1. The lowest BCUT2D eigenvalue weighted by molar-refractivity contribution is -0.119. The van der Waals surface area contributed by atoms with Crippen molar-refractivity contribution in [1.82, 2.24) is 15.3 Å². The number of nitrogens with two attached hydrogens (primary N) is 1. The van der Waals surface area contributed by atoms with Crippen molar-refractivity contribution in [3.8, 4) is 0 Å². The van der Waals surface area contributed by atoms with E-state index in [-0.39, 0.29) is 5.91 Å². The van der Waals surface area contributed by atoms with Crippen LogP contribution < -0.4 is 11.1 Å². The largest absolute Gasteiger partial charge is 0.383 e. The number of nitrogen functional groups attached to an aromatic ring is 1. The molecular formula is C17H22N4OS2. The van der Waals surface area contributed by atoms with Crippen molar-refractivity contribution in [2.24, 2.45) is 0 Å². The molecule has 0 bridgehead atoms. The van der Waals surface area contributed by atoms with Crippen LogP contribution in [-0.4, -0.2) is 27.7 Å². The van der Waals surface area contributed by atoms with Crippen molar-refractivity contribution in [3.05, 3.63) is 10.4 Å². The third-order valence-corrected chi connectivity index (χ3v) is 6.91. The third kappa shape index (κ3) is 3.24. The van der Waals surface area contributed by atoms with E-state index < -0.39 is 0 Å². The predicted octanol–water partition coefficient (Wildman–Crippen LogP) is 3.30. The Kier molecular flexibility index (Phi) is 4.63. The molecule has 0 aromatic carbocycles. The highest BCUT2D eigenvalue weighted by Crippen LogP contribution is 2.38. The Morgan fingerprint density at radius 2 is 2.00 bits per heavy atom. The molecule has 2 aliphatic carbocycles. The van der Waals surface area contributed by atoms with Crippen LogP contribution in [0.3, 0.4) is 0 Å². The number of thioether (sulfide) groups is 1. The molecule has 3 N–H and O–H groups in total. The van der Waals surface area contributed by atoms with Gasteiger partial charge in [0.15, 0.2) is 5.16 Å². The molecule has 0 unspecified atom stereocenters. The normalized spacial score (nSPS) is 18.0. The number of rotatable bonds is 4. The molecule has 2 heterocycles. The van der Waals surface area contributed by atoms with Gasteiger partial charge in [-0.15, -0.1) is 11.3 Å².